The number of nitrogens with zero attached hydrogens (tertiary/aromatic N) is 2. The van der Waals surface area contributed by atoms with E-state index in [4.69, 9.17) is 0 Å². The van der Waals surface area contributed by atoms with E-state index in [0.717, 1.165) is 24.2 Å². The lowest BCUT2D eigenvalue weighted by Gasteiger charge is -2.23. The summed E-state index contributed by atoms with van der Waals surface area (Å²) < 4.78 is 1.85. The van der Waals surface area contributed by atoms with Crippen molar-refractivity contribution in [2.24, 2.45) is 0 Å². The van der Waals surface area contributed by atoms with E-state index in [-0.39, 0.29) is 5.88 Å². The van der Waals surface area contributed by atoms with Crippen molar-refractivity contribution in [1.82, 2.24) is 15.1 Å². The monoisotopic (exact) mass is 257 g/mol. The number of piperidine rings is 1. The van der Waals surface area contributed by atoms with Gasteiger partial charge in [0.2, 0.25) is 5.88 Å². The predicted molar refractivity (Wildman–Crippen MR) is 75.0 cm³/mol. The Bertz CT molecular complexity index is 530. The van der Waals surface area contributed by atoms with Gasteiger partial charge in [0.15, 0.2) is 0 Å². The molecule has 100 valence electrons. The van der Waals surface area contributed by atoms with Crippen LogP contribution in [0.3, 0.4) is 0 Å². The van der Waals surface area contributed by atoms with Crippen LogP contribution in [0.25, 0.3) is 11.1 Å². The van der Waals surface area contributed by atoms with Crippen LogP contribution in [0.1, 0.15) is 19.3 Å². The van der Waals surface area contributed by atoms with E-state index in [1.54, 1.807) is 0 Å². The van der Waals surface area contributed by atoms with E-state index < -0.39 is 0 Å². The standard InChI is InChI=1S/C15H19N3O/c19-15-14(12-6-2-1-3-7-12)11-18(17-15)10-13-8-4-5-9-16-13/h1-3,6-7,11,13,16H,4-5,8-10H2,(H,17,19). The maximum Gasteiger partial charge on any atom is 0.238 e. The molecule has 0 bridgehead atoms. The molecule has 1 aromatic heterocycles. The third-order valence-electron chi connectivity index (χ3n) is 3.65. The van der Waals surface area contributed by atoms with Gasteiger partial charge in [-0.3, -0.25) is 4.68 Å². The quantitative estimate of drug-likeness (QED) is 0.887. The molecule has 1 aromatic carbocycles. The van der Waals surface area contributed by atoms with E-state index in [1.807, 2.05) is 41.2 Å². The zero-order valence-electron chi connectivity index (χ0n) is 10.9. The molecular weight excluding hydrogens is 238 g/mol. The fraction of sp³-hybridized carbons (Fsp3) is 0.400. The SMILES string of the molecule is Oc1nn(CC2CCCCN2)cc1-c1ccccc1. The molecule has 1 atom stereocenters. The van der Waals surface area contributed by atoms with Gasteiger partial charge in [-0.2, -0.15) is 0 Å². The molecule has 1 aliphatic rings. The van der Waals surface area contributed by atoms with Gasteiger partial charge >= 0.3 is 0 Å². The van der Waals surface area contributed by atoms with Gasteiger partial charge in [0.1, 0.15) is 0 Å². The van der Waals surface area contributed by atoms with E-state index >= 15 is 0 Å². The van der Waals surface area contributed by atoms with Crippen molar-refractivity contribution < 1.29 is 5.11 Å². The van der Waals surface area contributed by atoms with Gasteiger partial charge in [0, 0.05) is 12.2 Å². The fourth-order valence-electron chi connectivity index (χ4n) is 2.63. The summed E-state index contributed by atoms with van der Waals surface area (Å²) in [4.78, 5) is 0. The summed E-state index contributed by atoms with van der Waals surface area (Å²) in [6, 6.07) is 10.3. The maximum atomic E-state index is 9.96. The minimum atomic E-state index is 0.113. The minimum Gasteiger partial charge on any atom is -0.492 e. The zero-order chi connectivity index (χ0) is 13.1. The van der Waals surface area contributed by atoms with Crippen LogP contribution in [-0.4, -0.2) is 27.5 Å². The predicted octanol–water partition coefficient (Wildman–Crippen LogP) is 2.40. The summed E-state index contributed by atoms with van der Waals surface area (Å²) in [6.45, 7) is 1.91. The second-order valence-electron chi connectivity index (χ2n) is 5.10. The molecule has 0 radical (unpaired) electrons. The minimum absolute atomic E-state index is 0.113. The lowest BCUT2D eigenvalue weighted by molar-refractivity contribution is 0.345. The highest BCUT2D eigenvalue weighted by Gasteiger charge is 2.15. The Morgan fingerprint density at radius 2 is 2.11 bits per heavy atom. The molecule has 2 aromatic rings. The zero-order valence-corrected chi connectivity index (χ0v) is 10.9. The first-order valence-electron chi connectivity index (χ1n) is 6.88. The highest BCUT2D eigenvalue weighted by molar-refractivity contribution is 5.67. The molecule has 2 N–H and O–H groups in total. The van der Waals surface area contributed by atoms with Crippen LogP contribution in [0.2, 0.25) is 0 Å². The molecule has 19 heavy (non-hydrogen) atoms. The molecule has 4 heteroatoms. The second kappa shape index (κ2) is 5.45. The van der Waals surface area contributed by atoms with Gasteiger partial charge in [0.25, 0.3) is 0 Å². The van der Waals surface area contributed by atoms with Crippen molar-refractivity contribution in [2.45, 2.75) is 31.8 Å². The van der Waals surface area contributed by atoms with Crippen molar-refractivity contribution in [1.29, 1.82) is 0 Å². The van der Waals surface area contributed by atoms with Crippen molar-refractivity contribution in [3.63, 3.8) is 0 Å². The first kappa shape index (κ1) is 12.2. The Balaban J connectivity index is 1.77. The molecule has 1 unspecified atom stereocenters. The molecule has 4 nitrogen and oxygen atoms in total. The molecule has 0 aliphatic carbocycles. The van der Waals surface area contributed by atoms with Gasteiger partial charge in [-0.05, 0) is 24.9 Å². The Hall–Kier alpha value is -1.81. The van der Waals surface area contributed by atoms with Crippen LogP contribution in [-0.2, 0) is 6.54 Å². The summed E-state index contributed by atoms with van der Waals surface area (Å²) in [5.41, 5.74) is 1.80. The summed E-state index contributed by atoms with van der Waals surface area (Å²) >= 11 is 0. The van der Waals surface area contributed by atoms with Gasteiger partial charge < -0.3 is 10.4 Å². The number of nitrogens with one attached hydrogen (secondary N) is 1. The highest BCUT2D eigenvalue weighted by Crippen LogP contribution is 2.27. The van der Waals surface area contributed by atoms with Gasteiger partial charge in [0.05, 0.1) is 12.1 Å². The molecular formula is C15H19N3O. The number of benzene rings is 1. The lowest BCUT2D eigenvalue weighted by atomic mass is 10.1. The summed E-state index contributed by atoms with van der Waals surface area (Å²) in [6.07, 6.45) is 5.65. The van der Waals surface area contributed by atoms with Crippen molar-refractivity contribution in [3.8, 4) is 17.0 Å². The molecule has 0 amide bonds. The number of aromatic nitrogens is 2. The first-order valence-corrected chi connectivity index (χ1v) is 6.88. The van der Waals surface area contributed by atoms with Gasteiger partial charge in [-0.15, -0.1) is 5.10 Å². The average Bonchev–Trinajstić information content (AvgIpc) is 2.82. The Labute approximate surface area is 113 Å². The highest BCUT2D eigenvalue weighted by atomic mass is 16.3. The summed E-state index contributed by atoms with van der Waals surface area (Å²) in [5.74, 6) is 0.113. The van der Waals surface area contributed by atoms with Crippen LogP contribution in [0.15, 0.2) is 36.5 Å². The van der Waals surface area contributed by atoms with Gasteiger partial charge in [-0.1, -0.05) is 36.8 Å². The van der Waals surface area contributed by atoms with Crippen LogP contribution >= 0.6 is 0 Å². The maximum absolute atomic E-state index is 9.96. The number of hydrogen-bond acceptors (Lipinski definition) is 3. The number of rotatable bonds is 3. The normalized spacial score (nSPS) is 19.5. The molecule has 1 fully saturated rings. The van der Waals surface area contributed by atoms with Crippen LogP contribution in [0.4, 0.5) is 0 Å². The van der Waals surface area contributed by atoms with Crippen molar-refractivity contribution in [2.75, 3.05) is 6.54 Å². The molecule has 0 spiro atoms. The summed E-state index contributed by atoms with van der Waals surface area (Å²) in [7, 11) is 0. The fourth-order valence-corrected chi connectivity index (χ4v) is 2.63. The van der Waals surface area contributed by atoms with E-state index in [0.29, 0.717) is 6.04 Å². The van der Waals surface area contributed by atoms with E-state index in [9.17, 15) is 5.11 Å². The van der Waals surface area contributed by atoms with Gasteiger partial charge in [-0.25, -0.2) is 0 Å². The Morgan fingerprint density at radius 1 is 1.26 bits per heavy atom. The average molecular weight is 257 g/mol. The van der Waals surface area contributed by atoms with Crippen LogP contribution < -0.4 is 5.32 Å². The third-order valence-corrected chi connectivity index (χ3v) is 3.65. The number of hydrogen-bond donors (Lipinski definition) is 2. The molecule has 0 saturated carbocycles. The van der Waals surface area contributed by atoms with E-state index in [1.165, 1.54) is 19.3 Å². The smallest absolute Gasteiger partial charge is 0.238 e. The van der Waals surface area contributed by atoms with Crippen molar-refractivity contribution >= 4 is 0 Å². The van der Waals surface area contributed by atoms with Crippen molar-refractivity contribution in [3.05, 3.63) is 36.5 Å². The van der Waals surface area contributed by atoms with E-state index in [2.05, 4.69) is 10.4 Å². The largest absolute Gasteiger partial charge is 0.492 e. The molecule has 2 heterocycles. The Kier molecular flexibility index (Phi) is 3.51. The molecule has 1 aliphatic heterocycles. The lowest BCUT2D eigenvalue weighted by Crippen LogP contribution is -2.37. The molecule has 3 rings (SSSR count). The first-order chi connectivity index (χ1) is 9.33. The topological polar surface area (TPSA) is 50.1 Å². The Morgan fingerprint density at radius 3 is 2.84 bits per heavy atom. The molecule has 1 saturated heterocycles. The van der Waals surface area contributed by atoms with Crippen LogP contribution in [0, 0.1) is 0 Å². The second-order valence-corrected chi connectivity index (χ2v) is 5.10. The third kappa shape index (κ3) is 2.79. The summed E-state index contributed by atoms with van der Waals surface area (Å²) in [5, 5.41) is 17.7. The number of aromatic hydroxyl groups is 1. The van der Waals surface area contributed by atoms with Crippen LogP contribution in [0.5, 0.6) is 5.88 Å².